The molecule has 10 heteroatoms. The minimum Gasteiger partial charge on any atom is -0.481 e. The molecule has 31 heavy (non-hydrogen) atoms. The van der Waals surface area contributed by atoms with Crippen LogP contribution in [0.2, 0.25) is 0 Å². The first-order valence-electron chi connectivity index (χ1n) is 10.5. The number of non-ortho nitro benzene ring substituents is 1. The van der Waals surface area contributed by atoms with Gasteiger partial charge in [0.2, 0.25) is 5.91 Å². The standard InChI is InChI=1S/C21H27N3O7/c1-14(30-17-9-7-15(8-10-17)24(28)29)21(27)23-12-11-22-20(26)18(23)13-19(25)31-16-5-3-2-4-6-16/h7-10,14,16,18H,2-6,11-13H2,1H3,(H,22,26). The van der Waals surface area contributed by atoms with E-state index >= 15 is 0 Å². The average molecular weight is 433 g/mol. The number of ether oxygens (including phenoxy) is 2. The Morgan fingerprint density at radius 1 is 1.23 bits per heavy atom. The molecule has 1 N–H and O–H groups in total. The second-order valence-corrected chi connectivity index (χ2v) is 7.80. The summed E-state index contributed by atoms with van der Waals surface area (Å²) in [6, 6.07) is 4.42. The van der Waals surface area contributed by atoms with Gasteiger partial charge in [-0.15, -0.1) is 0 Å². The average Bonchev–Trinajstić information content (AvgIpc) is 2.75. The third kappa shape index (κ3) is 5.93. The molecular formula is C21H27N3O7. The van der Waals surface area contributed by atoms with E-state index in [2.05, 4.69) is 5.32 Å². The van der Waals surface area contributed by atoms with Crippen LogP contribution in [0.3, 0.4) is 0 Å². The highest BCUT2D eigenvalue weighted by molar-refractivity contribution is 5.93. The molecule has 2 fully saturated rings. The summed E-state index contributed by atoms with van der Waals surface area (Å²) >= 11 is 0. The monoisotopic (exact) mass is 433 g/mol. The highest BCUT2D eigenvalue weighted by Crippen LogP contribution is 2.22. The molecule has 3 rings (SSSR count). The first-order chi connectivity index (χ1) is 14.8. The van der Waals surface area contributed by atoms with E-state index in [1.807, 2.05) is 0 Å². The van der Waals surface area contributed by atoms with Crippen molar-refractivity contribution in [2.24, 2.45) is 0 Å². The zero-order valence-electron chi connectivity index (χ0n) is 17.5. The molecule has 0 spiro atoms. The van der Waals surface area contributed by atoms with Crippen molar-refractivity contribution >= 4 is 23.5 Å². The predicted octanol–water partition coefficient (Wildman–Crippen LogP) is 1.96. The maximum atomic E-state index is 13.0. The lowest BCUT2D eigenvalue weighted by Gasteiger charge is -2.36. The Morgan fingerprint density at radius 3 is 2.55 bits per heavy atom. The number of hydrogen-bond acceptors (Lipinski definition) is 7. The van der Waals surface area contributed by atoms with E-state index in [1.165, 1.54) is 36.1 Å². The number of rotatable bonds is 7. The molecule has 0 bridgehead atoms. The number of hydrogen-bond donors (Lipinski definition) is 1. The molecule has 1 heterocycles. The maximum Gasteiger partial charge on any atom is 0.308 e. The van der Waals surface area contributed by atoms with Crippen LogP contribution >= 0.6 is 0 Å². The summed E-state index contributed by atoms with van der Waals surface area (Å²) in [5, 5.41) is 13.4. The lowest BCUT2D eigenvalue weighted by molar-refractivity contribution is -0.384. The van der Waals surface area contributed by atoms with E-state index in [-0.39, 0.29) is 31.3 Å². The summed E-state index contributed by atoms with van der Waals surface area (Å²) in [5.74, 6) is -1.04. The number of esters is 1. The second kappa shape index (κ2) is 10.2. The highest BCUT2D eigenvalue weighted by Gasteiger charge is 2.38. The van der Waals surface area contributed by atoms with Gasteiger partial charge in [0.05, 0.1) is 11.3 Å². The van der Waals surface area contributed by atoms with Crippen LogP contribution < -0.4 is 10.1 Å². The quantitative estimate of drug-likeness (QED) is 0.395. The summed E-state index contributed by atoms with van der Waals surface area (Å²) in [6.45, 7) is 2.07. The topological polar surface area (TPSA) is 128 Å². The van der Waals surface area contributed by atoms with Gasteiger partial charge in [0.15, 0.2) is 6.10 Å². The Morgan fingerprint density at radius 2 is 1.90 bits per heavy atom. The van der Waals surface area contributed by atoms with E-state index in [4.69, 9.17) is 9.47 Å². The lowest BCUT2D eigenvalue weighted by atomic mass is 9.98. The van der Waals surface area contributed by atoms with Crippen LogP contribution in [0, 0.1) is 10.1 Å². The van der Waals surface area contributed by atoms with Crippen LogP contribution in [-0.2, 0) is 19.1 Å². The third-order valence-corrected chi connectivity index (χ3v) is 5.53. The van der Waals surface area contributed by atoms with Gasteiger partial charge in [-0.3, -0.25) is 24.5 Å². The maximum absolute atomic E-state index is 13.0. The summed E-state index contributed by atoms with van der Waals surface area (Å²) in [7, 11) is 0. The van der Waals surface area contributed by atoms with E-state index in [0.29, 0.717) is 5.75 Å². The molecule has 168 valence electrons. The molecule has 2 unspecified atom stereocenters. The molecule has 1 aromatic carbocycles. The SMILES string of the molecule is CC(Oc1ccc([N+](=O)[O-])cc1)C(=O)N1CCNC(=O)C1CC(=O)OC1CCCCC1. The zero-order valence-corrected chi connectivity index (χ0v) is 17.5. The van der Waals surface area contributed by atoms with E-state index < -0.39 is 34.9 Å². The van der Waals surface area contributed by atoms with Gasteiger partial charge in [-0.25, -0.2) is 0 Å². The minimum atomic E-state index is -0.958. The van der Waals surface area contributed by atoms with Crippen LogP contribution in [-0.4, -0.2) is 58.9 Å². The number of nitrogens with zero attached hydrogens (tertiary/aromatic N) is 2. The fourth-order valence-electron chi connectivity index (χ4n) is 3.89. The predicted molar refractivity (Wildman–Crippen MR) is 109 cm³/mol. The van der Waals surface area contributed by atoms with Crippen molar-refractivity contribution in [1.29, 1.82) is 0 Å². The van der Waals surface area contributed by atoms with Gasteiger partial charge in [0.1, 0.15) is 17.9 Å². The number of benzene rings is 1. The van der Waals surface area contributed by atoms with E-state index in [0.717, 1.165) is 32.1 Å². The summed E-state index contributed by atoms with van der Waals surface area (Å²) in [4.78, 5) is 49.4. The fraction of sp³-hybridized carbons (Fsp3) is 0.571. The third-order valence-electron chi connectivity index (χ3n) is 5.53. The molecule has 1 aromatic rings. The number of nitrogens with one attached hydrogen (secondary N) is 1. The molecule has 0 aromatic heterocycles. The van der Waals surface area contributed by atoms with Gasteiger partial charge in [0.25, 0.3) is 11.6 Å². The van der Waals surface area contributed by atoms with Crippen LogP contribution in [0.5, 0.6) is 5.75 Å². The number of piperazine rings is 1. The van der Waals surface area contributed by atoms with Gasteiger partial charge in [0, 0.05) is 25.2 Å². The molecule has 2 aliphatic rings. The first kappa shape index (κ1) is 22.5. The van der Waals surface area contributed by atoms with Crippen molar-refractivity contribution in [2.45, 2.75) is 63.7 Å². The van der Waals surface area contributed by atoms with Crippen molar-refractivity contribution in [3.8, 4) is 5.75 Å². The number of nitro groups is 1. The largest absolute Gasteiger partial charge is 0.481 e. The molecule has 1 saturated heterocycles. The molecule has 1 aliphatic carbocycles. The smallest absolute Gasteiger partial charge is 0.308 e. The van der Waals surface area contributed by atoms with Gasteiger partial charge < -0.3 is 19.7 Å². The zero-order chi connectivity index (χ0) is 22.4. The Balaban J connectivity index is 1.61. The van der Waals surface area contributed by atoms with Gasteiger partial charge in [-0.2, -0.15) is 0 Å². The minimum absolute atomic E-state index is 0.0874. The van der Waals surface area contributed by atoms with Gasteiger partial charge in [-0.05, 0) is 44.7 Å². The van der Waals surface area contributed by atoms with Crippen LogP contribution in [0.15, 0.2) is 24.3 Å². The fourth-order valence-corrected chi connectivity index (χ4v) is 3.89. The van der Waals surface area contributed by atoms with E-state index in [9.17, 15) is 24.5 Å². The van der Waals surface area contributed by atoms with Crippen molar-refractivity contribution in [3.63, 3.8) is 0 Å². The van der Waals surface area contributed by atoms with Gasteiger partial charge in [-0.1, -0.05) is 6.42 Å². The van der Waals surface area contributed by atoms with Crippen molar-refractivity contribution in [2.75, 3.05) is 13.1 Å². The van der Waals surface area contributed by atoms with Crippen molar-refractivity contribution < 1.29 is 28.8 Å². The summed E-state index contributed by atoms with van der Waals surface area (Å²) < 4.78 is 11.1. The first-order valence-corrected chi connectivity index (χ1v) is 10.5. The highest BCUT2D eigenvalue weighted by atomic mass is 16.6. The number of nitro benzene ring substituents is 1. The number of amides is 2. The molecule has 1 saturated carbocycles. The second-order valence-electron chi connectivity index (χ2n) is 7.80. The molecule has 2 amide bonds. The Kier molecular flexibility index (Phi) is 7.43. The summed E-state index contributed by atoms with van der Waals surface area (Å²) in [5.41, 5.74) is -0.0874. The Bertz CT molecular complexity index is 821. The number of carbonyl (C=O) groups excluding carboxylic acids is 3. The normalized spacial score (nSPS) is 20.5. The van der Waals surface area contributed by atoms with Crippen LogP contribution in [0.1, 0.15) is 45.4 Å². The van der Waals surface area contributed by atoms with Crippen LogP contribution in [0.4, 0.5) is 5.69 Å². The van der Waals surface area contributed by atoms with E-state index in [1.54, 1.807) is 0 Å². The summed E-state index contributed by atoms with van der Waals surface area (Å²) in [6.07, 6.45) is 3.54. The van der Waals surface area contributed by atoms with Crippen molar-refractivity contribution in [3.05, 3.63) is 34.4 Å². The van der Waals surface area contributed by atoms with Crippen LogP contribution in [0.25, 0.3) is 0 Å². The lowest BCUT2D eigenvalue weighted by Crippen LogP contribution is -2.60. The molecule has 0 radical (unpaired) electrons. The van der Waals surface area contributed by atoms with Crippen molar-refractivity contribution in [1.82, 2.24) is 10.2 Å². The molecule has 10 nitrogen and oxygen atoms in total. The Labute approximate surface area is 180 Å². The molecule has 2 atom stereocenters. The molecular weight excluding hydrogens is 406 g/mol. The Hall–Kier alpha value is -3.17. The van der Waals surface area contributed by atoms with Gasteiger partial charge >= 0.3 is 5.97 Å². The molecule has 1 aliphatic heterocycles. The number of carbonyl (C=O) groups is 3.